The molecule has 0 spiro atoms. The molecule has 2 aromatic rings. The highest BCUT2D eigenvalue weighted by molar-refractivity contribution is 7.08. The van der Waals surface area contributed by atoms with E-state index in [1.54, 1.807) is 11.3 Å². The van der Waals surface area contributed by atoms with Gasteiger partial charge in [0.1, 0.15) is 5.76 Å². The van der Waals surface area contributed by atoms with Crippen molar-refractivity contribution in [1.29, 1.82) is 0 Å². The van der Waals surface area contributed by atoms with Crippen LogP contribution in [0.15, 0.2) is 39.2 Å². The van der Waals surface area contributed by atoms with Crippen molar-refractivity contribution >= 4 is 34.4 Å². The lowest BCUT2D eigenvalue weighted by atomic mass is 9.79. The lowest BCUT2D eigenvalue weighted by molar-refractivity contribution is -0.121. The van der Waals surface area contributed by atoms with Crippen LogP contribution in [-0.2, 0) is 9.67 Å². The molecule has 3 heterocycles. The van der Waals surface area contributed by atoms with Gasteiger partial charge in [-0.05, 0) is 54.3 Å². The topological polar surface area (TPSA) is 55.1 Å². The zero-order valence-electron chi connectivity index (χ0n) is 12.7. The molecule has 1 aliphatic heterocycles. The highest BCUT2D eigenvalue weighted by Gasteiger charge is 2.54. The quantitative estimate of drug-likeness (QED) is 0.839. The fraction of sp³-hybridized carbons (Fsp3) is 0.294. The maximum Gasteiger partial charge on any atom is 0.250 e. The van der Waals surface area contributed by atoms with Crippen molar-refractivity contribution in [2.45, 2.75) is 25.1 Å². The van der Waals surface area contributed by atoms with Crippen molar-refractivity contribution in [2.75, 3.05) is 0 Å². The third-order valence-electron chi connectivity index (χ3n) is 4.63. The van der Waals surface area contributed by atoms with E-state index < -0.39 is 4.87 Å². The second kappa shape index (κ2) is 5.08. The SMILES string of the molecule is Cc1noc(C)c1C1=CC=C2NC(=O)C(Cl)(c3ccsc3)C2C1. The molecular formula is C17H15ClN2O2S. The number of alkyl halides is 1. The van der Waals surface area contributed by atoms with Crippen molar-refractivity contribution in [1.82, 2.24) is 10.5 Å². The van der Waals surface area contributed by atoms with E-state index >= 15 is 0 Å². The minimum atomic E-state index is -1.05. The molecule has 4 nitrogen and oxygen atoms in total. The Bertz CT molecular complexity index is 831. The number of carbonyl (C=O) groups is 1. The summed E-state index contributed by atoms with van der Waals surface area (Å²) in [6, 6.07) is 1.92. The first kappa shape index (κ1) is 14.7. The zero-order valence-corrected chi connectivity index (χ0v) is 14.3. The summed E-state index contributed by atoms with van der Waals surface area (Å²) in [6.45, 7) is 3.83. The number of thiophene rings is 1. The highest BCUT2D eigenvalue weighted by atomic mass is 35.5. The van der Waals surface area contributed by atoms with Gasteiger partial charge in [-0.3, -0.25) is 4.79 Å². The Morgan fingerprint density at radius 3 is 2.91 bits per heavy atom. The van der Waals surface area contributed by atoms with Crippen LogP contribution in [0.5, 0.6) is 0 Å². The summed E-state index contributed by atoms with van der Waals surface area (Å²) in [5, 5.41) is 10.9. The van der Waals surface area contributed by atoms with Gasteiger partial charge in [-0.25, -0.2) is 0 Å². The molecule has 2 aliphatic rings. The van der Waals surface area contributed by atoms with Crippen molar-refractivity contribution in [2.24, 2.45) is 5.92 Å². The van der Waals surface area contributed by atoms with E-state index in [-0.39, 0.29) is 11.8 Å². The lowest BCUT2D eigenvalue weighted by Crippen LogP contribution is -2.33. The molecule has 4 rings (SSSR count). The van der Waals surface area contributed by atoms with Crippen LogP contribution in [-0.4, -0.2) is 11.1 Å². The molecule has 2 aromatic heterocycles. The molecule has 1 saturated heterocycles. The van der Waals surface area contributed by atoms with E-state index in [0.717, 1.165) is 33.9 Å². The molecule has 1 aliphatic carbocycles. The maximum atomic E-state index is 12.6. The van der Waals surface area contributed by atoms with Gasteiger partial charge in [0, 0.05) is 17.2 Å². The average molecular weight is 347 g/mol. The first-order chi connectivity index (χ1) is 11.0. The van der Waals surface area contributed by atoms with E-state index in [0.29, 0.717) is 6.42 Å². The summed E-state index contributed by atoms with van der Waals surface area (Å²) in [7, 11) is 0. The summed E-state index contributed by atoms with van der Waals surface area (Å²) in [6.07, 6.45) is 4.64. The molecule has 1 fully saturated rings. The van der Waals surface area contributed by atoms with Crippen LogP contribution in [0.25, 0.3) is 5.57 Å². The third-order valence-corrected chi connectivity index (χ3v) is 5.96. The largest absolute Gasteiger partial charge is 0.361 e. The van der Waals surface area contributed by atoms with Crippen LogP contribution in [0.3, 0.4) is 0 Å². The summed E-state index contributed by atoms with van der Waals surface area (Å²) in [4.78, 5) is 11.5. The molecule has 1 amide bonds. The number of aromatic nitrogens is 1. The van der Waals surface area contributed by atoms with Crippen LogP contribution in [0.2, 0.25) is 0 Å². The number of allylic oxidation sites excluding steroid dienone is 4. The van der Waals surface area contributed by atoms with Gasteiger partial charge in [0.2, 0.25) is 0 Å². The fourth-order valence-corrected chi connectivity index (χ4v) is 4.64. The molecule has 118 valence electrons. The minimum absolute atomic E-state index is 0.111. The Morgan fingerprint density at radius 1 is 1.43 bits per heavy atom. The number of nitrogens with zero attached hydrogens (tertiary/aromatic N) is 1. The standard InChI is InChI=1S/C17H15ClN2O2S/c1-9-15(10(2)22-20-9)11-3-4-14-13(7-11)17(18,16(21)19-14)12-5-6-23-8-12/h3-6,8,13H,7H2,1-2H3,(H,19,21). The smallest absolute Gasteiger partial charge is 0.250 e. The van der Waals surface area contributed by atoms with Gasteiger partial charge in [-0.1, -0.05) is 11.2 Å². The lowest BCUT2D eigenvalue weighted by Gasteiger charge is -2.28. The van der Waals surface area contributed by atoms with Crippen molar-refractivity contribution in [3.63, 3.8) is 0 Å². The third kappa shape index (κ3) is 2.03. The van der Waals surface area contributed by atoms with Gasteiger partial charge in [0.25, 0.3) is 5.91 Å². The number of rotatable bonds is 2. The number of amides is 1. The summed E-state index contributed by atoms with van der Waals surface area (Å²) in [5.74, 6) is 0.529. The maximum absolute atomic E-state index is 12.6. The first-order valence-electron chi connectivity index (χ1n) is 7.39. The Kier molecular flexibility index (Phi) is 3.25. The molecule has 0 bridgehead atoms. The predicted molar refractivity (Wildman–Crippen MR) is 90.1 cm³/mol. The van der Waals surface area contributed by atoms with Crippen LogP contribution in [0.4, 0.5) is 0 Å². The summed E-state index contributed by atoms with van der Waals surface area (Å²) in [5.41, 5.74) is 4.72. The molecule has 1 N–H and O–H groups in total. The number of hydrogen-bond acceptors (Lipinski definition) is 4. The van der Waals surface area contributed by atoms with Crippen molar-refractivity contribution in [3.8, 4) is 0 Å². The van der Waals surface area contributed by atoms with E-state index in [1.807, 2.05) is 42.8 Å². The number of aryl methyl sites for hydroxylation is 2. The number of hydrogen-bond donors (Lipinski definition) is 1. The molecular weight excluding hydrogens is 332 g/mol. The predicted octanol–water partition coefficient (Wildman–Crippen LogP) is 3.90. The van der Waals surface area contributed by atoms with Crippen molar-refractivity contribution in [3.05, 3.63) is 57.3 Å². The molecule has 0 saturated carbocycles. The van der Waals surface area contributed by atoms with Crippen LogP contribution in [0.1, 0.15) is 29.0 Å². The van der Waals surface area contributed by atoms with E-state index in [4.69, 9.17) is 16.1 Å². The molecule has 0 aromatic carbocycles. The van der Waals surface area contributed by atoms with Gasteiger partial charge in [0.05, 0.1) is 5.69 Å². The van der Waals surface area contributed by atoms with Crippen molar-refractivity contribution < 1.29 is 9.32 Å². The Balaban J connectivity index is 1.77. The molecule has 2 unspecified atom stereocenters. The van der Waals surface area contributed by atoms with Crippen LogP contribution in [0, 0.1) is 19.8 Å². The van der Waals surface area contributed by atoms with Gasteiger partial charge < -0.3 is 9.84 Å². The molecule has 0 radical (unpaired) electrons. The van der Waals surface area contributed by atoms with Gasteiger partial charge >= 0.3 is 0 Å². The summed E-state index contributed by atoms with van der Waals surface area (Å²) >= 11 is 8.40. The molecule has 6 heteroatoms. The fourth-order valence-electron chi connectivity index (χ4n) is 3.50. The average Bonchev–Trinajstić information content (AvgIpc) is 3.22. The monoisotopic (exact) mass is 346 g/mol. The number of nitrogens with one attached hydrogen (secondary N) is 1. The zero-order chi connectivity index (χ0) is 16.2. The van der Waals surface area contributed by atoms with Gasteiger partial charge in [-0.15, -0.1) is 11.6 Å². The normalized spacial score (nSPS) is 26.6. The number of halogens is 1. The van der Waals surface area contributed by atoms with Crippen LogP contribution >= 0.6 is 22.9 Å². The highest BCUT2D eigenvalue weighted by Crippen LogP contribution is 2.51. The first-order valence-corrected chi connectivity index (χ1v) is 8.71. The number of fused-ring (bicyclic) bond motifs is 1. The second-order valence-corrected chi connectivity index (χ2v) is 7.32. The van der Waals surface area contributed by atoms with Crippen LogP contribution < -0.4 is 5.32 Å². The molecule has 2 atom stereocenters. The Morgan fingerprint density at radius 2 is 2.26 bits per heavy atom. The summed E-state index contributed by atoms with van der Waals surface area (Å²) < 4.78 is 5.28. The van der Waals surface area contributed by atoms with E-state index in [1.165, 1.54) is 0 Å². The Hall–Kier alpha value is -1.85. The number of carbonyl (C=O) groups excluding carboxylic acids is 1. The van der Waals surface area contributed by atoms with Gasteiger partial charge in [-0.2, -0.15) is 11.3 Å². The molecule has 23 heavy (non-hydrogen) atoms. The minimum Gasteiger partial charge on any atom is -0.361 e. The van der Waals surface area contributed by atoms with E-state index in [2.05, 4.69) is 10.5 Å². The van der Waals surface area contributed by atoms with Gasteiger partial charge in [0.15, 0.2) is 4.87 Å². The second-order valence-electron chi connectivity index (χ2n) is 5.95. The Labute approximate surface area is 142 Å². The van der Waals surface area contributed by atoms with E-state index in [9.17, 15) is 4.79 Å².